The molecule has 0 saturated carbocycles. The maximum Gasteiger partial charge on any atom is 0.426 e. The first-order valence-electron chi connectivity index (χ1n) is 8.52. The van der Waals surface area contributed by atoms with E-state index in [0.717, 1.165) is 21.9 Å². The van der Waals surface area contributed by atoms with Gasteiger partial charge >= 0.3 is 6.09 Å². The maximum atomic E-state index is 12.1. The van der Waals surface area contributed by atoms with E-state index in [9.17, 15) is 9.59 Å². The summed E-state index contributed by atoms with van der Waals surface area (Å²) in [7, 11) is 1.59. The monoisotopic (exact) mass is 397 g/mol. The van der Waals surface area contributed by atoms with Crippen LogP contribution in [0, 0.1) is 0 Å². The number of amides is 2. The molecule has 2 N–H and O–H groups in total. The van der Waals surface area contributed by atoms with Crippen LogP contribution in [-0.4, -0.2) is 30.7 Å². The number of carbonyl (C=O) groups is 2. The molecule has 1 aromatic heterocycles. The average Bonchev–Trinajstić information content (AvgIpc) is 3.23. The molecule has 1 heterocycles. The number of thiazole rings is 1. The van der Waals surface area contributed by atoms with Gasteiger partial charge in [-0.2, -0.15) is 0 Å². The summed E-state index contributed by atoms with van der Waals surface area (Å²) in [5.74, 6) is 0.232. The van der Waals surface area contributed by atoms with Gasteiger partial charge in [0, 0.05) is 17.4 Å². The number of rotatable bonds is 6. The lowest BCUT2D eigenvalue weighted by Crippen LogP contribution is -2.42. The van der Waals surface area contributed by atoms with Crippen molar-refractivity contribution >= 4 is 23.3 Å². The van der Waals surface area contributed by atoms with Gasteiger partial charge in [0.05, 0.1) is 13.7 Å². The minimum absolute atomic E-state index is 0.170. The van der Waals surface area contributed by atoms with Crippen LogP contribution in [0.3, 0.4) is 0 Å². The Bertz CT molecular complexity index is 943. The smallest absolute Gasteiger partial charge is 0.426 e. The van der Waals surface area contributed by atoms with Crippen LogP contribution in [-0.2, 0) is 11.2 Å². The number of nitrogens with one attached hydrogen (secondary N) is 2. The molecule has 0 aliphatic heterocycles. The van der Waals surface area contributed by atoms with E-state index in [0.29, 0.717) is 6.42 Å². The quantitative estimate of drug-likeness (QED) is 0.622. The van der Waals surface area contributed by atoms with E-state index >= 15 is 0 Å². The van der Waals surface area contributed by atoms with E-state index in [2.05, 4.69) is 15.8 Å². The number of hydrogen-bond acceptors (Lipinski definition) is 6. The number of benzene rings is 2. The maximum absolute atomic E-state index is 12.1. The number of nitrogens with zero attached hydrogens (tertiary/aromatic N) is 1. The fourth-order valence-corrected chi connectivity index (χ4v) is 3.20. The van der Waals surface area contributed by atoms with Gasteiger partial charge in [-0.05, 0) is 17.7 Å². The van der Waals surface area contributed by atoms with Crippen molar-refractivity contribution in [3.05, 3.63) is 71.2 Å². The van der Waals surface area contributed by atoms with Gasteiger partial charge in [0.25, 0.3) is 5.91 Å². The summed E-state index contributed by atoms with van der Waals surface area (Å²) in [6, 6.07) is 17.0. The third-order valence-electron chi connectivity index (χ3n) is 3.79. The minimum Gasteiger partial charge on any atom is -0.497 e. The summed E-state index contributed by atoms with van der Waals surface area (Å²) < 4.78 is 10.2. The summed E-state index contributed by atoms with van der Waals surface area (Å²) >= 11 is 1.35. The Morgan fingerprint density at radius 1 is 1.07 bits per heavy atom. The summed E-state index contributed by atoms with van der Waals surface area (Å²) in [6.07, 6.45) is -0.208. The molecule has 0 bridgehead atoms. The highest BCUT2D eigenvalue weighted by Crippen LogP contribution is 2.23. The Morgan fingerprint density at radius 2 is 1.89 bits per heavy atom. The van der Waals surface area contributed by atoms with Crippen molar-refractivity contribution in [3.8, 4) is 16.3 Å². The first-order valence-corrected chi connectivity index (χ1v) is 9.40. The Kier molecular flexibility index (Phi) is 6.59. The van der Waals surface area contributed by atoms with Gasteiger partial charge in [-0.3, -0.25) is 10.2 Å². The fraction of sp³-hybridized carbons (Fsp3) is 0.150. The van der Waals surface area contributed by atoms with Gasteiger partial charge in [0.2, 0.25) is 0 Å². The summed E-state index contributed by atoms with van der Waals surface area (Å²) in [6.45, 7) is 0.170. The molecule has 0 aliphatic carbocycles. The average molecular weight is 397 g/mol. The van der Waals surface area contributed by atoms with Crippen molar-refractivity contribution in [1.29, 1.82) is 0 Å². The highest BCUT2D eigenvalue weighted by atomic mass is 32.1. The Hall–Kier alpha value is -3.39. The predicted molar refractivity (Wildman–Crippen MR) is 106 cm³/mol. The summed E-state index contributed by atoms with van der Waals surface area (Å²) in [5.41, 5.74) is 6.64. The zero-order valence-corrected chi connectivity index (χ0v) is 16.0. The van der Waals surface area contributed by atoms with Crippen LogP contribution < -0.4 is 15.6 Å². The third-order valence-corrected chi connectivity index (χ3v) is 4.69. The topological polar surface area (TPSA) is 89.5 Å². The molecule has 0 radical (unpaired) electrons. The molecule has 3 rings (SSSR count). The highest BCUT2D eigenvalue weighted by Gasteiger charge is 2.13. The number of hydrogen-bond donors (Lipinski definition) is 2. The van der Waals surface area contributed by atoms with Crippen LogP contribution in [0.1, 0.15) is 16.1 Å². The molecule has 144 valence electrons. The minimum atomic E-state index is -0.741. The lowest BCUT2D eigenvalue weighted by molar-refractivity contribution is 0.0906. The molecule has 28 heavy (non-hydrogen) atoms. The Balaban J connectivity index is 1.43. The van der Waals surface area contributed by atoms with Crippen LogP contribution in [0.2, 0.25) is 0 Å². The lowest BCUT2D eigenvalue weighted by Gasteiger charge is -2.08. The van der Waals surface area contributed by atoms with E-state index in [4.69, 9.17) is 9.47 Å². The van der Waals surface area contributed by atoms with E-state index in [1.165, 1.54) is 11.3 Å². The van der Waals surface area contributed by atoms with E-state index in [1.54, 1.807) is 12.5 Å². The van der Waals surface area contributed by atoms with Gasteiger partial charge in [0.1, 0.15) is 16.5 Å². The highest BCUT2D eigenvalue weighted by molar-refractivity contribution is 7.13. The molecule has 0 aliphatic rings. The van der Waals surface area contributed by atoms with Gasteiger partial charge in [-0.15, -0.1) is 11.3 Å². The van der Waals surface area contributed by atoms with Crippen LogP contribution in [0.15, 0.2) is 60.0 Å². The largest absolute Gasteiger partial charge is 0.497 e. The number of methoxy groups -OCH3 is 1. The lowest BCUT2D eigenvalue weighted by atomic mass is 10.1. The normalized spacial score (nSPS) is 10.2. The molecular formula is C20H19N3O4S. The number of carbonyl (C=O) groups excluding carboxylic acids is 2. The molecule has 2 amide bonds. The van der Waals surface area contributed by atoms with Crippen molar-refractivity contribution in [1.82, 2.24) is 15.8 Å². The second kappa shape index (κ2) is 9.52. The first kappa shape index (κ1) is 19.4. The molecule has 0 unspecified atom stereocenters. The van der Waals surface area contributed by atoms with E-state index < -0.39 is 12.0 Å². The molecule has 0 saturated heterocycles. The molecule has 0 spiro atoms. The van der Waals surface area contributed by atoms with Gasteiger partial charge in [0.15, 0.2) is 0 Å². The van der Waals surface area contributed by atoms with Crippen molar-refractivity contribution < 1.29 is 19.1 Å². The van der Waals surface area contributed by atoms with Crippen molar-refractivity contribution in [2.75, 3.05) is 13.7 Å². The van der Waals surface area contributed by atoms with Crippen LogP contribution in [0.4, 0.5) is 4.79 Å². The second-order valence-corrected chi connectivity index (χ2v) is 6.58. The second-order valence-electron chi connectivity index (χ2n) is 5.72. The summed E-state index contributed by atoms with van der Waals surface area (Å²) in [4.78, 5) is 28.1. The zero-order chi connectivity index (χ0) is 19.8. The number of hydrazine groups is 1. The molecule has 2 aromatic carbocycles. The molecule has 0 fully saturated rings. The number of ether oxygens (including phenoxy) is 2. The standard InChI is InChI=1S/C20H19N3O4S/c1-26-16-9-5-6-14(12-16)10-11-27-20(25)23-22-18(24)17-13-28-19(21-17)15-7-3-2-4-8-15/h2-9,12-13H,10-11H2,1H3,(H,22,24)(H,23,25). The first-order chi connectivity index (χ1) is 13.7. The Labute approximate surface area is 166 Å². The molecule has 8 heteroatoms. The van der Waals surface area contributed by atoms with Crippen LogP contribution in [0.25, 0.3) is 10.6 Å². The van der Waals surface area contributed by atoms with Gasteiger partial charge in [-0.25, -0.2) is 15.2 Å². The van der Waals surface area contributed by atoms with Gasteiger partial charge < -0.3 is 9.47 Å². The Morgan fingerprint density at radius 3 is 2.68 bits per heavy atom. The van der Waals surface area contributed by atoms with Crippen LogP contribution >= 0.6 is 11.3 Å². The fourth-order valence-electron chi connectivity index (χ4n) is 2.39. The van der Waals surface area contributed by atoms with Gasteiger partial charge in [-0.1, -0.05) is 42.5 Å². The molecule has 3 aromatic rings. The number of aromatic nitrogens is 1. The molecule has 0 atom stereocenters. The molecular weight excluding hydrogens is 378 g/mol. The third kappa shape index (κ3) is 5.31. The SMILES string of the molecule is COc1cccc(CCOC(=O)NNC(=O)c2csc(-c3ccccc3)n2)c1. The summed E-state index contributed by atoms with van der Waals surface area (Å²) in [5, 5.41) is 2.36. The van der Waals surface area contributed by atoms with Crippen molar-refractivity contribution in [2.24, 2.45) is 0 Å². The van der Waals surface area contributed by atoms with Crippen LogP contribution in [0.5, 0.6) is 5.75 Å². The van der Waals surface area contributed by atoms with E-state index in [1.807, 2.05) is 54.6 Å². The molecule has 7 nitrogen and oxygen atoms in total. The van der Waals surface area contributed by atoms with Crippen molar-refractivity contribution in [2.45, 2.75) is 6.42 Å². The van der Waals surface area contributed by atoms with Crippen molar-refractivity contribution in [3.63, 3.8) is 0 Å². The zero-order valence-electron chi connectivity index (χ0n) is 15.2. The predicted octanol–water partition coefficient (Wildman–Crippen LogP) is 3.43. The van der Waals surface area contributed by atoms with E-state index in [-0.39, 0.29) is 12.3 Å².